The number of hydrogen-bond donors (Lipinski definition) is 2. The van der Waals surface area contributed by atoms with Crippen LogP contribution in [0, 0.1) is 0 Å². The Bertz CT molecular complexity index is 428. The third kappa shape index (κ3) is 3.15. The molecule has 1 aliphatic rings. The fraction of sp³-hybridized carbons (Fsp3) is 0.462. The van der Waals surface area contributed by atoms with Crippen molar-refractivity contribution in [1.29, 1.82) is 0 Å². The van der Waals surface area contributed by atoms with Gasteiger partial charge in [0.2, 0.25) is 0 Å². The summed E-state index contributed by atoms with van der Waals surface area (Å²) in [5.74, 6) is 0.647. The van der Waals surface area contributed by atoms with Crippen molar-refractivity contribution in [3.63, 3.8) is 0 Å². The third-order valence-corrected chi connectivity index (χ3v) is 3.36. The molecule has 1 aromatic rings. The van der Waals surface area contributed by atoms with Crippen LogP contribution in [0.4, 0.5) is 11.4 Å². The smallest absolute Gasteiger partial charge is 0.115 e. The van der Waals surface area contributed by atoms with Crippen molar-refractivity contribution in [2.75, 3.05) is 23.9 Å². The summed E-state index contributed by atoms with van der Waals surface area (Å²) in [7, 11) is 0. The van der Waals surface area contributed by atoms with Gasteiger partial charge >= 0.3 is 0 Å². The van der Waals surface area contributed by atoms with E-state index in [2.05, 4.69) is 9.89 Å². The molecule has 2 rings (SSSR count). The highest BCUT2D eigenvalue weighted by molar-refractivity contribution is 6.28. The quantitative estimate of drug-likeness (QED) is 0.499. The van der Waals surface area contributed by atoms with Crippen LogP contribution in [0.2, 0.25) is 0 Å². The molecule has 5 heteroatoms. The lowest BCUT2D eigenvalue weighted by Crippen LogP contribution is -2.35. The van der Waals surface area contributed by atoms with Crippen LogP contribution in [-0.2, 0) is 0 Å². The number of amidine groups is 1. The summed E-state index contributed by atoms with van der Waals surface area (Å²) in [6.45, 7) is 1.68. The molecule has 0 aromatic heterocycles. The minimum atomic E-state index is -0.176. The molecular weight excluding hydrogens is 250 g/mol. The van der Waals surface area contributed by atoms with Crippen LogP contribution in [0.25, 0.3) is 0 Å². The van der Waals surface area contributed by atoms with Crippen LogP contribution >= 0.6 is 11.6 Å². The van der Waals surface area contributed by atoms with Gasteiger partial charge in [0.1, 0.15) is 5.84 Å². The summed E-state index contributed by atoms with van der Waals surface area (Å²) in [5.41, 5.74) is 7.58. The molecule has 4 nitrogen and oxygen atoms in total. The monoisotopic (exact) mass is 267 g/mol. The topological polar surface area (TPSA) is 61.8 Å². The van der Waals surface area contributed by atoms with Gasteiger partial charge in [0.05, 0.1) is 23.4 Å². The Labute approximate surface area is 112 Å². The van der Waals surface area contributed by atoms with Gasteiger partial charge in [-0.05, 0) is 25.0 Å². The number of aliphatic hydroxyl groups is 1. The average molecular weight is 268 g/mol. The second kappa shape index (κ2) is 6.07. The maximum absolute atomic E-state index is 9.53. The number of nitrogens with two attached hydrogens (primary N) is 1. The molecule has 1 aliphatic heterocycles. The number of aliphatic hydroxyl groups excluding tert-OH is 1. The highest BCUT2D eigenvalue weighted by Gasteiger charge is 2.18. The Morgan fingerprint density at radius 1 is 1.39 bits per heavy atom. The molecule has 98 valence electrons. The second-order valence-corrected chi connectivity index (χ2v) is 4.71. The van der Waals surface area contributed by atoms with E-state index in [1.165, 1.54) is 0 Å². The van der Waals surface area contributed by atoms with Crippen molar-refractivity contribution < 1.29 is 5.11 Å². The lowest BCUT2D eigenvalue weighted by atomic mass is 10.1. The van der Waals surface area contributed by atoms with E-state index in [0.29, 0.717) is 5.84 Å². The molecule has 1 saturated heterocycles. The molecule has 0 bridgehead atoms. The molecule has 3 N–H and O–H groups in total. The molecule has 1 aromatic carbocycles. The Kier molecular flexibility index (Phi) is 4.44. The fourth-order valence-electron chi connectivity index (χ4n) is 2.12. The maximum Gasteiger partial charge on any atom is 0.115 e. The predicted octanol–water partition coefficient (Wildman–Crippen LogP) is 1.88. The zero-order valence-electron chi connectivity index (χ0n) is 10.2. The van der Waals surface area contributed by atoms with Crippen molar-refractivity contribution in [3.05, 3.63) is 24.3 Å². The van der Waals surface area contributed by atoms with Gasteiger partial charge in [-0.25, -0.2) is 4.99 Å². The lowest BCUT2D eigenvalue weighted by Gasteiger charge is -2.32. The van der Waals surface area contributed by atoms with Gasteiger partial charge < -0.3 is 15.7 Å². The predicted molar refractivity (Wildman–Crippen MR) is 75.9 cm³/mol. The molecule has 1 fully saturated rings. The third-order valence-electron chi connectivity index (χ3n) is 3.09. The normalized spacial score (nSPS) is 18.1. The highest BCUT2D eigenvalue weighted by atomic mass is 35.5. The van der Waals surface area contributed by atoms with E-state index >= 15 is 0 Å². The lowest BCUT2D eigenvalue weighted by molar-refractivity contribution is 0.145. The molecule has 0 atom stereocenters. The first-order chi connectivity index (χ1) is 8.70. The number of nitrogens with zero attached hydrogens (tertiary/aromatic N) is 2. The van der Waals surface area contributed by atoms with Crippen molar-refractivity contribution in [2.45, 2.75) is 18.9 Å². The number of piperidine rings is 1. The Hall–Kier alpha value is -1.26. The van der Waals surface area contributed by atoms with Gasteiger partial charge in [-0.15, -0.1) is 11.6 Å². The SMILES string of the molecule is NC(CCl)=Nc1ccccc1N1CCC(O)CC1. The number of alkyl halides is 1. The van der Waals surface area contributed by atoms with Crippen LogP contribution in [-0.4, -0.2) is 36.0 Å². The van der Waals surface area contributed by atoms with Crippen LogP contribution in [0.3, 0.4) is 0 Å². The number of rotatable bonds is 3. The minimum Gasteiger partial charge on any atom is -0.393 e. The van der Waals surface area contributed by atoms with Crippen LogP contribution < -0.4 is 10.6 Å². The largest absolute Gasteiger partial charge is 0.393 e. The molecule has 1 heterocycles. The van der Waals surface area contributed by atoms with Gasteiger partial charge in [-0.3, -0.25) is 0 Å². The van der Waals surface area contributed by atoms with E-state index in [-0.39, 0.29) is 12.0 Å². The number of aliphatic imine (C=N–C) groups is 1. The van der Waals surface area contributed by atoms with Crippen LogP contribution in [0.5, 0.6) is 0 Å². The van der Waals surface area contributed by atoms with Gasteiger partial charge in [0.25, 0.3) is 0 Å². The first-order valence-corrected chi connectivity index (χ1v) is 6.65. The molecule has 0 spiro atoms. The van der Waals surface area contributed by atoms with E-state index in [1.807, 2.05) is 24.3 Å². The molecule has 0 radical (unpaired) electrons. The summed E-state index contributed by atoms with van der Waals surface area (Å²) in [6.07, 6.45) is 1.41. The summed E-state index contributed by atoms with van der Waals surface area (Å²) >= 11 is 5.66. The summed E-state index contributed by atoms with van der Waals surface area (Å²) in [5, 5.41) is 9.53. The zero-order chi connectivity index (χ0) is 13.0. The van der Waals surface area contributed by atoms with Gasteiger partial charge in [-0.2, -0.15) is 0 Å². The first kappa shape index (κ1) is 13.2. The molecule has 0 amide bonds. The number of halogens is 1. The van der Waals surface area contributed by atoms with Crippen LogP contribution in [0.1, 0.15) is 12.8 Å². The first-order valence-electron chi connectivity index (χ1n) is 6.11. The highest BCUT2D eigenvalue weighted by Crippen LogP contribution is 2.30. The number of benzene rings is 1. The van der Waals surface area contributed by atoms with E-state index in [0.717, 1.165) is 37.3 Å². The van der Waals surface area contributed by atoms with Crippen molar-refractivity contribution in [3.8, 4) is 0 Å². The molecule has 0 unspecified atom stereocenters. The maximum atomic E-state index is 9.53. The second-order valence-electron chi connectivity index (χ2n) is 4.44. The number of anilines is 1. The number of para-hydroxylation sites is 2. The average Bonchev–Trinajstić information content (AvgIpc) is 2.40. The van der Waals surface area contributed by atoms with Crippen LogP contribution in [0.15, 0.2) is 29.3 Å². The van der Waals surface area contributed by atoms with E-state index in [4.69, 9.17) is 17.3 Å². The standard InChI is InChI=1S/C13H18ClN3O/c14-9-13(15)16-11-3-1-2-4-12(11)17-7-5-10(18)6-8-17/h1-4,10,18H,5-9H2,(H2,15,16). The molecular formula is C13H18ClN3O. The molecule has 0 aliphatic carbocycles. The van der Waals surface area contributed by atoms with E-state index < -0.39 is 0 Å². The van der Waals surface area contributed by atoms with Crippen molar-refractivity contribution in [2.24, 2.45) is 10.7 Å². The van der Waals surface area contributed by atoms with Gasteiger partial charge in [0, 0.05) is 13.1 Å². The molecule has 18 heavy (non-hydrogen) atoms. The zero-order valence-corrected chi connectivity index (χ0v) is 11.0. The van der Waals surface area contributed by atoms with Crippen molar-refractivity contribution in [1.82, 2.24) is 0 Å². The van der Waals surface area contributed by atoms with Gasteiger partial charge in [-0.1, -0.05) is 12.1 Å². The van der Waals surface area contributed by atoms with Gasteiger partial charge in [0.15, 0.2) is 0 Å². The minimum absolute atomic E-state index is 0.176. The summed E-state index contributed by atoms with van der Waals surface area (Å²) < 4.78 is 0. The summed E-state index contributed by atoms with van der Waals surface area (Å²) in [4.78, 5) is 6.56. The number of hydrogen-bond acceptors (Lipinski definition) is 3. The van der Waals surface area contributed by atoms with E-state index in [9.17, 15) is 5.11 Å². The Balaban J connectivity index is 2.22. The van der Waals surface area contributed by atoms with Crippen molar-refractivity contribution >= 4 is 28.8 Å². The molecule has 0 saturated carbocycles. The summed E-state index contributed by atoms with van der Waals surface area (Å²) in [6, 6.07) is 7.87. The Morgan fingerprint density at radius 2 is 2.06 bits per heavy atom. The Morgan fingerprint density at radius 3 is 2.72 bits per heavy atom. The fourth-order valence-corrected chi connectivity index (χ4v) is 2.18. The van der Waals surface area contributed by atoms with E-state index in [1.54, 1.807) is 0 Å².